The molecule has 3 unspecified atom stereocenters. The molecule has 0 amide bonds. The van der Waals surface area contributed by atoms with Crippen molar-refractivity contribution >= 4 is 17.7 Å². The van der Waals surface area contributed by atoms with Crippen LogP contribution in [-0.4, -0.2) is 35.7 Å². The van der Waals surface area contributed by atoms with Crippen molar-refractivity contribution in [3.63, 3.8) is 0 Å². The van der Waals surface area contributed by atoms with Gasteiger partial charge < -0.3 is 10.1 Å². The van der Waals surface area contributed by atoms with Crippen molar-refractivity contribution in [2.24, 2.45) is 5.92 Å². The van der Waals surface area contributed by atoms with Crippen molar-refractivity contribution in [3.05, 3.63) is 0 Å². The number of ether oxygens (including phenoxy) is 1. The molecule has 1 aliphatic rings. The molecule has 0 aromatic carbocycles. The summed E-state index contributed by atoms with van der Waals surface area (Å²) in [7, 11) is 0. The molecule has 0 radical (unpaired) electrons. The van der Waals surface area contributed by atoms with Crippen LogP contribution in [0.25, 0.3) is 0 Å². The molecule has 1 saturated carbocycles. The molecule has 1 N–H and O–H groups in total. The molecule has 0 heterocycles. The van der Waals surface area contributed by atoms with Crippen LogP contribution in [0.15, 0.2) is 0 Å². The van der Waals surface area contributed by atoms with Gasteiger partial charge in [-0.05, 0) is 51.3 Å². The molecule has 1 rings (SSSR count). The Morgan fingerprint density at radius 3 is 2.75 bits per heavy atom. The van der Waals surface area contributed by atoms with Crippen molar-refractivity contribution in [1.82, 2.24) is 5.32 Å². The van der Waals surface area contributed by atoms with Crippen molar-refractivity contribution in [2.75, 3.05) is 18.9 Å². The molecule has 4 heteroatoms. The average molecular weight is 301 g/mol. The molecule has 3 nitrogen and oxygen atoms in total. The largest absolute Gasteiger partial charge is 0.465 e. The van der Waals surface area contributed by atoms with E-state index in [1.54, 1.807) is 0 Å². The fourth-order valence-corrected chi connectivity index (χ4v) is 4.56. The number of thioether (sulfide) groups is 1. The second kappa shape index (κ2) is 8.93. The second-order valence-electron chi connectivity index (χ2n) is 6.10. The van der Waals surface area contributed by atoms with E-state index in [4.69, 9.17) is 4.74 Å². The highest BCUT2D eigenvalue weighted by molar-refractivity contribution is 7.99. The maximum Gasteiger partial charge on any atom is 0.326 e. The van der Waals surface area contributed by atoms with Gasteiger partial charge in [0.05, 0.1) is 6.61 Å². The first-order valence-corrected chi connectivity index (χ1v) is 9.10. The van der Waals surface area contributed by atoms with Crippen LogP contribution in [-0.2, 0) is 9.53 Å². The molecular weight excluding hydrogens is 270 g/mol. The summed E-state index contributed by atoms with van der Waals surface area (Å²) >= 11 is 2.04. The van der Waals surface area contributed by atoms with Gasteiger partial charge in [0, 0.05) is 5.25 Å². The van der Waals surface area contributed by atoms with Gasteiger partial charge in [-0.1, -0.05) is 26.7 Å². The summed E-state index contributed by atoms with van der Waals surface area (Å²) in [5.74, 6) is 1.78. The minimum atomic E-state index is -0.530. The Labute approximate surface area is 128 Å². The first kappa shape index (κ1) is 17.8. The van der Waals surface area contributed by atoms with Crippen molar-refractivity contribution < 1.29 is 9.53 Å². The predicted molar refractivity (Wildman–Crippen MR) is 87.2 cm³/mol. The fourth-order valence-electron chi connectivity index (χ4n) is 2.90. The van der Waals surface area contributed by atoms with Gasteiger partial charge in [0.25, 0.3) is 0 Å². The predicted octanol–water partition coefficient (Wildman–Crippen LogP) is 3.62. The third-order valence-corrected chi connectivity index (χ3v) is 5.48. The highest BCUT2D eigenvalue weighted by atomic mass is 32.2. The summed E-state index contributed by atoms with van der Waals surface area (Å²) in [4.78, 5) is 12.1. The van der Waals surface area contributed by atoms with Gasteiger partial charge in [-0.25, -0.2) is 0 Å². The van der Waals surface area contributed by atoms with Crippen LogP contribution in [0.4, 0.5) is 0 Å². The van der Waals surface area contributed by atoms with Crippen LogP contribution in [0.2, 0.25) is 0 Å². The quantitative estimate of drug-likeness (QED) is 0.695. The van der Waals surface area contributed by atoms with Crippen LogP contribution in [0.3, 0.4) is 0 Å². The van der Waals surface area contributed by atoms with Gasteiger partial charge in [-0.3, -0.25) is 4.79 Å². The average Bonchev–Trinajstić information content (AvgIpc) is 2.39. The highest BCUT2D eigenvalue weighted by Gasteiger charge is 2.33. The summed E-state index contributed by atoms with van der Waals surface area (Å²) in [6.45, 7) is 9.47. The maximum atomic E-state index is 12.1. The molecule has 20 heavy (non-hydrogen) atoms. The maximum absolute atomic E-state index is 12.1. The molecule has 0 spiro atoms. The molecule has 0 bridgehead atoms. The van der Waals surface area contributed by atoms with Crippen LogP contribution in [0, 0.1) is 5.92 Å². The Morgan fingerprint density at radius 1 is 1.40 bits per heavy atom. The lowest BCUT2D eigenvalue weighted by Crippen LogP contribution is -2.50. The molecule has 3 atom stereocenters. The van der Waals surface area contributed by atoms with Crippen LogP contribution in [0.1, 0.15) is 59.8 Å². The van der Waals surface area contributed by atoms with Gasteiger partial charge in [0.15, 0.2) is 0 Å². The molecule has 0 aliphatic heterocycles. The third-order valence-electron chi connectivity index (χ3n) is 4.14. The van der Waals surface area contributed by atoms with E-state index < -0.39 is 5.54 Å². The number of nitrogens with one attached hydrogen (secondary N) is 1. The Morgan fingerprint density at radius 2 is 2.15 bits per heavy atom. The van der Waals surface area contributed by atoms with Crippen molar-refractivity contribution in [1.29, 1.82) is 0 Å². The van der Waals surface area contributed by atoms with E-state index in [0.29, 0.717) is 6.61 Å². The SMILES string of the molecule is CCNC(C)(CCSC1CCCC(C)C1)C(=O)OCC. The number of likely N-dealkylation sites (N-methyl/N-ethyl adjacent to an activating group) is 1. The highest BCUT2D eigenvalue weighted by Crippen LogP contribution is 2.33. The Balaban J connectivity index is 2.40. The Bertz CT molecular complexity index is 298. The lowest BCUT2D eigenvalue weighted by molar-refractivity contribution is -0.150. The summed E-state index contributed by atoms with van der Waals surface area (Å²) in [6.07, 6.45) is 6.26. The topological polar surface area (TPSA) is 38.3 Å². The van der Waals surface area contributed by atoms with E-state index in [2.05, 4.69) is 12.2 Å². The first-order chi connectivity index (χ1) is 9.51. The Hall–Kier alpha value is -0.220. The minimum absolute atomic E-state index is 0.112. The second-order valence-corrected chi connectivity index (χ2v) is 7.51. The number of esters is 1. The number of hydrogen-bond donors (Lipinski definition) is 1. The number of carbonyl (C=O) groups is 1. The smallest absolute Gasteiger partial charge is 0.326 e. The number of hydrogen-bond acceptors (Lipinski definition) is 4. The van der Waals surface area contributed by atoms with Crippen LogP contribution >= 0.6 is 11.8 Å². The minimum Gasteiger partial charge on any atom is -0.465 e. The van der Waals surface area contributed by atoms with Gasteiger partial charge in [0.2, 0.25) is 0 Å². The molecule has 0 aromatic heterocycles. The van der Waals surface area contributed by atoms with E-state index in [1.807, 2.05) is 32.5 Å². The molecule has 0 aromatic rings. The standard InChI is InChI=1S/C16H31NO2S/c1-5-17-16(4,15(18)19-6-2)10-11-20-14-9-7-8-13(3)12-14/h13-14,17H,5-12H2,1-4H3. The molecule has 1 fully saturated rings. The van der Waals surface area contributed by atoms with Crippen LogP contribution in [0.5, 0.6) is 0 Å². The summed E-state index contributed by atoms with van der Waals surface area (Å²) in [6, 6.07) is 0. The monoisotopic (exact) mass is 301 g/mol. The lowest BCUT2D eigenvalue weighted by atomic mass is 9.91. The lowest BCUT2D eigenvalue weighted by Gasteiger charge is -2.30. The van der Waals surface area contributed by atoms with Gasteiger partial charge in [-0.15, -0.1) is 0 Å². The third kappa shape index (κ3) is 5.65. The van der Waals surface area contributed by atoms with E-state index in [0.717, 1.165) is 29.9 Å². The first-order valence-electron chi connectivity index (χ1n) is 8.05. The molecule has 0 saturated heterocycles. The van der Waals surface area contributed by atoms with E-state index >= 15 is 0 Å². The zero-order chi connectivity index (χ0) is 15.0. The van der Waals surface area contributed by atoms with E-state index in [1.165, 1.54) is 25.7 Å². The van der Waals surface area contributed by atoms with Gasteiger partial charge in [-0.2, -0.15) is 11.8 Å². The van der Waals surface area contributed by atoms with Gasteiger partial charge >= 0.3 is 5.97 Å². The number of rotatable bonds is 8. The summed E-state index contributed by atoms with van der Waals surface area (Å²) in [5, 5.41) is 4.09. The van der Waals surface area contributed by atoms with E-state index in [-0.39, 0.29) is 5.97 Å². The molecule has 1 aliphatic carbocycles. The summed E-state index contributed by atoms with van der Waals surface area (Å²) in [5.41, 5.74) is -0.530. The molecular formula is C16H31NO2S. The van der Waals surface area contributed by atoms with Crippen molar-refractivity contribution in [3.8, 4) is 0 Å². The zero-order valence-corrected chi connectivity index (χ0v) is 14.4. The van der Waals surface area contributed by atoms with Gasteiger partial charge in [0.1, 0.15) is 5.54 Å². The van der Waals surface area contributed by atoms with Crippen molar-refractivity contribution in [2.45, 2.75) is 70.6 Å². The molecule has 118 valence electrons. The fraction of sp³-hybridized carbons (Fsp3) is 0.938. The zero-order valence-electron chi connectivity index (χ0n) is 13.5. The normalized spacial score (nSPS) is 26.0. The Kier molecular flexibility index (Phi) is 7.96. The van der Waals surface area contributed by atoms with E-state index in [9.17, 15) is 4.79 Å². The summed E-state index contributed by atoms with van der Waals surface area (Å²) < 4.78 is 5.21. The van der Waals surface area contributed by atoms with Crippen LogP contribution < -0.4 is 5.32 Å². The number of carbonyl (C=O) groups excluding carboxylic acids is 1.